The summed E-state index contributed by atoms with van der Waals surface area (Å²) in [7, 11) is 0. The fourth-order valence-electron chi connectivity index (χ4n) is 3.02. The number of carboxylic acids is 1. The Hall–Kier alpha value is -0.650. The number of hydrogen-bond donors (Lipinski definition) is 2. The summed E-state index contributed by atoms with van der Waals surface area (Å²) in [5, 5.41) is 18.9. The second kappa shape index (κ2) is 4.92. The molecule has 0 bridgehead atoms. The van der Waals surface area contributed by atoms with E-state index in [9.17, 15) is 9.90 Å². The predicted octanol–water partition coefficient (Wildman–Crippen LogP) is 0.465. The monoisotopic (exact) mass is 243 g/mol. The van der Waals surface area contributed by atoms with Crippen LogP contribution < -0.4 is 0 Å². The van der Waals surface area contributed by atoms with E-state index in [0.717, 1.165) is 13.0 Å². The van der Waals surface area contributed by atoms with E-state index in [4.69, 9.17) is 9.84 Å². The molecule has 3 atom stereocenters. The molecule has 2 N–H and O–H groups in total. The van der Waals surface area contributed by atoms with Crippen molar-refractivity contribution in [3.63, 3.8) is 0 Å². The van der Waals surface area contributed by atoms with Gasteiger partial charge in [0, 0.05) is 26.1 Å². The maximum absolute atomic E-state index is 11.1. The molecule has 0 aromatic carbocycles. The van der Waals surface area contributed by atoms with Gasteiger partial charge in [0.05, 0.1) is 11.7 Å². The van der Waals surface area contributed by atoms with Crippen molar-refractivity contribution in [3.8, 4) is 0 Å². The minimum absolute atomic E-state index is 0.298. The molecule has 17 heavy (non-hydrogen) atoms. The summed E-state index contributed by atoms with van der Waals surface area (Å²) in [6.07, 6.45) is 2.47. The Kier molecular flexibility index (Phi) is 3.70. The number of ether oxygens (including phenoxy) is 1. The van der Waals surface area contributed by atoms with E-state index in [2.05, 4.69) is 0 Å². The molecule has 0 radical (unpaired) electrons. The molecule has 1 spiro atoms. The second-order valence-electron chi connectivity index (χ2n) is 5.16. The van der Waals surface area contributed by atoms with Gasteiger partial charge in [0.15, 0.2) is 0 Å². The lowest BCUT2D eigenvalue weighted by atomic mass is 9.91. The molecule has 98 valence electrons. The highest BCUT2D eigenvalue weighted by atomic mass is 16.5. The zero-order valence-corrected chi connectivity index (χ0v) is 10.3. The van der Waals surface area contributed by atoms with Gasteiger partial charge in [-0.1, -0.05) is 6.92 Å². The molecule has 0 amide bonds. The van der Waals surface area contributed by atoms with Gasteiger partial charge in [-0.15, -0.1) is 0 Å². The smallest absolute Gasteiger partial charge is 0.320 e. The van der Waals surface area contributed by atoms with Gasteiger partial charge >= 0.3 is 5.97 Å². The molecule has 2 heterocycles. The first-order chi connectivity index (χ1) is 8.06. The molecule has 0 aliphatic carbocycles. The van der Waals surface area contributed by atoms with Crippen LogP contribution in [0.2, 0.25) is 0 Å². The number of rotatable bonds is 3. The van der Waals surface area contributed by atoms with E-state index in [1.54, 1.807) is 0 Å². The van der Waals surface area contributed by atoms with E-state index in [-0.39, 0.29) is 11.7 Å². The first-order valence-electron chi connectivity index (χ1n) is 6.35. The number of nitrogens with zero attached hydrogens (tertiary/aromatic N) is 1. The minimum Gasteiger partial charge on any atom is -0.480 e. The van der Waals surface area contributed by atoms with Crippen LogP contribution in [-0.2, 0) is 9.53 Å². The van der Waals surface area contributed by atoms with Crippen molar-refractivity contribution in [2.75, 3.05) is 19.7 Å². The summed E-state index contributed by atoms with van der Waals surface area (Å²) in [6, 6.07) is -0.419. The quantitative estimate of drug-likeness (QED) is 0.754. The number of carboxylic acid groups (broad SMARTS) is 1. The average Bonchev–Trinajstić information content (AvgIpc) is 2.62. The second-order valence-corrected chi connectivity index (χ2v) is 5.16. The van der Waals surface area contributed by atoms with Crippen LogP contribution in [0, 0.1) is 0 Å². The number of aliphatic hydroxyl groups excluding tert-OH is 1. The molecular weight excluding hydrogens is 222 g/mol. The van der Waals surface area contributed by atoms with Crippen LogP contribution in [0.5, 0.6) is 0 Å². The van der Waals surface area contributed by atoms with Gasteiger partial charge in [-0.25, -0.2) is 0 Å². The molecule has 2 saturated heterocycles. The number of carbonyl (C=O) groups is 1. The van der Waals surface area contributed by atoms with Gasteiger partial charge in [0.1, 0.15) is 6.04 Å². The van der Waals surface area contributed by atoms with Crippen LogP contribution in [-0.4, -0.2) is 58.5 Å². The van der Waals surface area contributed by atoms with Gasteiger partial charge in [-0.05, 0) is 19.3 Å². The van der Waals surface area contributed by atoms with Crippen LogP contribution in [0.4, 0.5) is 0 Å². The maximum atomic E-state index is 11.1. The number of likely N-dealkylation sites (tertiary alicyclic amines) is 1. The molecule has 2 aliphatic heterocycles. The molecular formula is C12H21NO4. The van der Waals surface area contributed by atoms with Crippen molar-refractivity contribution in [1.29, 1.82) is 0 Å². The maximum Gasteiger partial charge on any atom is 0.320 e. The van der Waals surface area contributed by atoms with Crippen molar-refractivity contribution < 1.29 is 19.7 Å². The van der Waals surface area contributed by atoms with E-state index in [1.165, 1.54) is 0 Å². The summed E-state index contributed by atoms with van der Waals surface area (Å²) >= 11 is 0. The van der Waals surface area contributed by atoms with Gasteiger partial charge in [0.25, 0.3) is 0 Å². The number of aliphatic hydroxyl groups is 1. The van der Waals surface area contributed by atoms with Crippen LogP contribution in [0.1, 0.15) is 32.6 Å². The summed E-state index contributed by atoms with van der Waals surface area (Å²) < 4.78 is 5.81. The van der Waals surface area contributed by atoms with Gasteiger partial charge in [0.2, 0.25) is 0 Å². The van der Waals surface area contributed by atoms with E-state index in [0.29, 0.717) is 32.4 Å². The van der Waals surface area contributed by atoms with Crippen LogP contribution >= 0.6 is 0 Å². The third kappa shape index (κ3) is 2.61. The lowest BCUT2D eigenvalue weighted by molar-refractivity contribution is -0.144. The molecule has 2 fully saturated rings. The number of hydrogen-bond acceptors (Lipinski definition) is 4. The van der Waals surface area contributed by atoms with Crippen molar-refractivity contribution in [1.82, 2.24) is 4.90 Å². The van der Waals surface area contributed by atoms with Crippen molar-refractivity contribution in [3.05, 3.63) is 0 Å². The van der Waals surface area contributed by atoms with Crippen LogP contribution in [0.3, 0.4) is 0 Å². The molecule has 0 aromatic heterocycles. The van der Waals surface area contributed by atoms with Crippen molar-refractivity contribution >= 4 is 5.97 Å². The van der Waals surface area contributed by atoms with E-state index < -0.39 is 12.0 Å². The summed E-state index contributed by atoms with van der Waals surface area (Å²) in [6.45, 7) is 3.85. The topological polar surface area (TPSA) is 70.0 Å². The zero-order chi connectivity index (χ0) is 12.5. The molecule has 3 unspecified atom stereocenters. The van der Waals surface area contributed by atoms with E-state index >= 15 is 0 Å². The lowest BCUT2D eigenvalue weighted by Crippen LogP contribution is -2.47. The lowest BCUT2D eigenvalue weighted by Gasteiger charge is -2.36. The average molecular weight is 243 g/mol. The third-order valence-corrected chi connectivity index (χ3v) is 3.93. The summed E-state index contributed by atoms with van der Waals surface area (Å²) in [4.78, 5) is 13.1. The van der Waals surface area contributed by atoms with E-state index in [1.807, 2.05) is 11.8 Å². The predicted molar refractivity (Wildman–Crippen MR) is 61.8 cm³/mol. The molecule has 5 nitrogen and oxygen atoms in total. The Morgan fingerprint density at radius 2 is 2.41 bits per heavy atom. The largest absolute Gasteiger partial charge is 0.480 e. The SMILES string of the molecule is CCC(C(=O)O)N1CCC2(CC(O)CCO2)C1. The Balaban J connectivity index is 2.00. The highest BCUT2D eigenvalue weighted by Gasteiger charge is 2.45. The Morgan fingerprint density at radius 3 is 3.00 bits per heavy atom. The Labute approximate surface area is 101 Å². The third-order valence-electron chi connectivity index (χ3n) is 3.93. The van der Waals surface area contributed by atoms with Crippen molar-refractivity contribution in [2.45, 2.75) is 50.4 Å². The van der Waals surface area contributed by atoms with Gasteiger partial charge in [-0.3, -0.25) is 9.69 Å². The minimum atomic E-state index is -0.763. The summed E-state index contributed by atoms with van der Waals surface area (Å²) in [5.74, 6) is -0.763. The highest BCUT2D eigenvalue weighted by Crippen LogP contribution is 2.35. The molecule has 0 aromatic rings. The van der Waals surface area contributed by atoms with Gasteiger partial charge in [-0.2, -0.15) is 0 Å². The van der Waals surface area contributed by atoms with Gasteiger partial charge < -0.3 is 14.9 Å². The molecule has 0 saturated carbocycles. The van der Waals surface area contributed by atoms with Crippen molar-refractivity contribution in [2.24, 2.45) is 0 Å². The Morgan fingerprint density at radius 1 is 1.65 bits per heavy atom. The van der Waals surface area contributed by atoms with Crippen LogP contribution in [0.15, 0.2) is 0 Å². The first-order valence-corrected chi connectivity index (χ1v) is 6.35. The Bertz CT molecular complexity index is 296. The molecule has 2 aliphatic rings. The molecule has 5 heteroatoms. The van der Waals surface area contributed by atoms with Crippen LogP contribution in [0.25, 0.3) is 0 Å². The molecule has 2 rings (SSSR count). The zero-order valence-electron chi connectivity index (χ0n) is 10.3. The fourth-order valence-corrected chi connectivity index (χ4v) is 3.02. The normalized spacial score (nSPS) is 36.2. The number of aliphatic carboxylic acids is 1. The standard InChI is InChI=1S/C12H21NO4/c1-2-10(11(15)16)13-5-4-12(8-13)7-9(14)3-6-17-12/h9-10,14H,2-8H2,1H3,(H,15,16). The highest BCUT2D eigenvalue weighted by molar-refractivity contribution is 5.73. The fraction of sp³-hybridized carbons (Fsp3) is 0.917. The summed E-state index contributed by atoms with van der Waals surface area (Å²) in [5.41, 5.74) is -0.305. The first kappa shape index (κ1) is 12.8.